The summed E-state index contributed by atoms with van der Waals surface area (Å²) in [5, 5.41) is 14.4. The molecule has 1 atom stereocenters. The van der Waals surface area contributed by atoms with Gasteiger partial charge in [-0.2, -0.15) is 4.52 Å². The van der Waals surface area contributed by atoms with E-state index in [0.717, 1.165) is 24.6 Å². The predicted molar refractivity (Wildman–Crippen MR) is 104 cm³/mol. The fraction of sp³-hybridized carbons (Fsp3) is 0.400. The maximum atomic E-state index is 12.7. The SMILES string of the molecule is CC1CCN(c2ccc([C@H](C)NC(=O)c3cccn4nnnc34)cc2)CC1. The number of hydrogen-bond acceptors (Lipinski definition) is 5. The summed E-state index contributed by atoms with van der Waals surface area (Å²) in [5.41, 5.74) is 3.25. The van der Waals surface area contributed by atoms with Crippen LogP contribution in [0.5, 0.6) is 0 Å². The molecule has 7 heteroatoms. The van der Waals surface area contributed by atoms with Crippen molar-refractivity contribution in [2.75, 3.05) is 18.0 Å². The van der Waals surface area contributed by atoms with Crippen LogP contribution in [0.1, 0.15) is 48.7 Å². The van der Waals surface area contributed by atoms with Gasteiger partial charge in [0.15, 0.2) is 5.65 Å². The number of hydrogen-bond donors (Lipinski definition) is 1. The Balaban J connectivity index is 1.44. The molecule has 1 N–H and O–H groups in total. The summed E-state index contributed by atoms with van der Waals surface area (Å²) in [6, 6.07) is 11.9. The van der Waals surface area contributed by atoms with Crippen LogP contribution in [-0.4, -0.2) is 39.0 Å². The molecule has 1 fully saturated rings. The van der Waals surface area contributed by atoms with Gasteiger partial charge in [-0.3, -0.25) is 4.79 Å². The molecule has 0 radical (unpaired) electrons. The summed E-state index contributed by atoms with van der Waals surface area (Å²) >= 11 is 0. The van der Waals surface area contributed by atoms with Crippen molar-refractivity contribution >= 4 is 17.2 Å². The molecule has 0 saturated carbocycles. The fourth-order valence-electron chi connectivity index (χ4n) is 3.54. The minimum Gasteiger partial charge on any atom is -0.372 e. The molecule has 1 aliphatic heterocycles. The van der Waals surface area contributed by atoms with Crippen LogP contribution in [0.4, 0.5) is 5.69 Å². The lowest BCUT2D eigenvalue weighted by Gasteiger charge is -2.32. The van der Waals surface area contributed by atoms with Crippen LogP contribution in [0.3, 0.4) is 0 Å². The summed E-state index contributed by atoms with van der Waals surface area (Å²) in [4.78, 5) is 15.1. The molecular weight excluding hydrogens is 340 g/mol. The van der Waals surface area contributed by atoms with E-state index in [0.29, 0.717) is 11.2 Å². The summed E-state index contributed by atoms with van der Waals surface area (Å²) in [6.07, 6.45) is 4.21. The summed E-state index contributed by atoms with van der Waals surface area (Å²) in [6.45, 7) is 6.53. The first-order valence-corrected chi connectivity index (χ1v) is 9.44. The van der Waals surface area contributed by atoms with Crippen molar-refractivity contribution in [3.63, 3.8) is 0 Å². The van der Waals surface area contributed by atoms with E-state index in [4.69, 9.17) is 0 Å². The number of nitrogens with zero attached hydrogens (tertiary/aromatic N) is 5. The van der Waals surface area contributed by atoms with E-state index in [1.54, 1.807) is 18.3 Å². The molecular formula is C20H24N6O. The van der Waals surface area contributed by atoms with Crippen molar-refractivity contribution in [3.8, 4) is 0 Å². The molecule has 2 aromatic heterocycles. The van der Waals surface area contributed by atoms with Crippen LogP contribution in [0.25, 0.3) is 5.65 Å². The van der Waals surface area contributed by atoms with Crippen LogP contribution < -0.4 is 10.2 Å². The Kier molecular flexibility index (Phi) is 4.75. The van der Waals surface area contributed by atoms with E-state index in [-0.39, 0.29) is 11.9 Å². The summed E-state index contributed by atoms with van der Waals surface area (Å²) in [7, 11) is 0. The average molecular weight is 364 g/mol. The molecule has 140 valence electrons. The van der Waals surface area contributed by atoms with Crippen LogP contribution in [0.15, 0.2) is 42.6 Å². The Bertz CT molecular complexity index is 927. The lowest BCUT2D eigenvalue weighted by molar-refractivity contribution is 0.0941. The van der Waals surface area contributed by atoms with Crippen LogP contribution >= 0.6 is 0 Å². The first-order chi connectivity index (χ1) is 13.1. The first kappa shape index (κ1) is 17.5. The van der Waals surface area contributed by atoms with Gasteiger partial charge in [-0.15, -0.1) is 5.10 Å². The highest BCUT2D eigenvalue weighted by molar-refractivity contribution is 5.99. The number of benzene rings is 1. The highest BCUT2D eigenvalue weighted by Gasteiger charge is 2.18. The number of fused-ring (bicyclic) bond motifs is 1. The number of tetrazole rings is 1. The van der Waals surface area contributed by atoms with Crippen LogP contribution in [0.2, 0.25) is 0 Å². The highest BCUT2D eigenvalue weighted by Crippen LogP contribution is 2.24. The third kappa shape index (κ3) is 3.63. The number of pyridine rings is 1. The van der Waals surface area contributed by atoms with Crippen LogP contribution in [0, 0.1) is 5.92 Å². The molecule has 4 rings (SSSR count). The Morgan fingerprint density at radius 3 is 2.67 bits per heavy atom. The average Bonchev–Trinajstić information content (AvgIpc) is 3.17. The molecule has 1 amide bonds. The van der Waals surface area contributed by atoms with Gasteiger partial charge in [0, 0.05) is 25.0 Å². The second kappa shape index (κ2) is 7.34. The van der Waals surface area contributed by atoms with Crippen molar-refractivity contribution < 1.29 is 4.79 Å². The standard InChI is InChI=1S/C20H24N6O/c1-14-9-12-25(13-10-14)17-7-5-16(6-8-17)15(2)21-20(27)18-4-3-11-26-19(18)22-23-24-26/h3-8,11,14-15H,9-10,12-13H2,1-2H3,(H,21,27)/t15-/m0/s1. The van der Waals surface area contributed by atoms with Gasteiger partial charge in [-0.05, 0) is 65.9 Å². The van der Waals surface area contributed by atoms with Crippen LogP contribution in [-0.2, 0) is 0 Å². The number of amides is 1. The zero-order valence-corrected chi connectivity index (χ0v) is 15.7. The number of aromatic nitrogens is 4. The molecule has 7 nitrogen and oxygen atoms in total. The predicted octanol–water partition coefficient (Wildman–Crippen LogP) is 2.85. The van der Waals surface area contributed by atoms with Crippen molar-refractivity contribution in [3.05, 3.63) is 53.7 Å². The smallest absolute Gasteiger partial charge is 0.255 e. The second-order valence-electron chi connectivity index (χ2n) is 7.33. The molecule has 27 heavy (non-hydrogen) atoms. The number of anilines is 1. The maximum absolute atomic E-state index is 12.7. The van der Waals surface area contributed by atoms with E-state index >= 15 is 0 Å². The third-order valence-corrected chi connectivity index (χ3v) is 5.36. The number of nitrogens with one attached hydrogen (secondary N) is 1. The van der Waals surface area contributed by atoms with Gasteiger partial charge in [0.05, 0.1) is 11.6 Å². The molecule has 0 spiro atoms. The molecule has 0 bridgehead atoms. The monoisotopic (exact) mass is 364 g/mol. The van der Waals surface area contributed by atoms with Gasteiger partial charge < -0.3 is 10.2 Å². The first-order valence-electron chi connectivity index (χ1n) is 9.44. The Morgan fingerprint density at radius 1 is 1.19 bits per heavy atom. The highest BCUT2D eigenvalue weighted by atomic mass is 16.1. The number of piperidine rings is 1. The summed E-state index contributed by atoms with van der Waals surface area (Å²) in [5.74, 6) is 0.637. The Morgan fingerprint density at radius 2 is 1.93 bits per heavy atom. The molecule has 3 aromatic rings. The zero-order chi connectivity index (χ0) is 18.8. The molecule has 3 heterocycles. The van der Waals surface area contributed by atoms with E-state index in [9.17, 15) is 4.79 Å². The van der Waals surface area contributed by atoms with Crippen molar-refractivity contribution in [2.24, 2.45) is 5.92 Å². The van der Waals surface area contributed by atoms with Gasteiger partial charge >= 0.3 is 0 Å². The lowest BCUT2D eigenvalue weighted by Crippen LogP contribution is -2.32. The van der Waals surface area contributed by atoms with Crippen molar-refractivity contribution in [2.45, 2.75) is 32.7 Å². The molecule has 1 aliphatic rings. The fourth-order valence-corrected chi connectivity index (χ4v) is 3.54. The summed E-state index contributed by atoms with van der Waals surface area (Å²) < 4.78 is 1.49. The maximum Gasteiger partial charge on any atom is 0.255 e. The van der Waals surface area contributed by atoms with E-state index < -0.39 is 0 Å². The zero-order valence-electron chi connectivity index (χ0n) is 15.7. The van der Waals surface area contributed by atoms with Gasteiger partial charge in [0.2, 0.25) is 0 Å². The van der Waals surface area contributed by atoms with E-state index in [2.05, 4.69) is 56.9 Å². The molecule has 0 aliphatic carbocycles. The minimum atomic E-state index is -0.183. The normalized spacial score (nSPS) is 16.4. The molecule has 1 aromatic carbocycles. The molecule has 1 saturated heterocycles. The van der Waals surface area contributed by atoms with Gasteiger partial charge in [0.1, 0.15) is 0 Å². The number of rotatable bonds is 4. The van der Waals surface area contributed by atoms with E-state index in [1.165, 1.54) is 23.0 Å². The Hall–Kier alpha value is -2.96. The second-order valence-corrected chi connectivity index (χ2v) is 7.33. The minimum absolute atomic E-state index is 0.107. The third-order valence-electron chi connectivity index (χ3n) is 5.36. The van der Waals surface area contributed by atoms with E-state index in [1.807, 2.05) is 6.92 Å². The number of carbonyl (C=O) groups excluding carboxylic acids is 1. The van der Waals surface area contributed by atoms with Crippen molar-refractivity contribution in [1.29, 1.82) is 0 Å². The topological polar surface area (TPSA) is 75.4 Å². The largest absolute Gasteiger partial charge is 0.372 e. The molecule has 0 unspecified atom stereocenters. The number of carbonyl (C=O) groups is 1. The lowest BCUT2D eigenvalue weighted by atomic mass is 9.98. The van der Waals surface area contributed by atoms with Gasteiger partial charge in [-0.25, -0.2) is 0 Å². The van der Waals surface area contributed by atoms with Gasteiger partial charge in [-0.1, -0.05) is 19.1 Å². The van der Waals surface area contributed by atoms with Crippen molar-refractivity contribution in [1.82, 2.24) is 25.4 Å². The van der Waals surface area contributed by atoms with Gasteiger partial charge in [0.25, 0.3) is 5.91 Å². The Labute approximate surface area is 158 Å². The quantitative estimate of drug-likeness (QED) is 0.770.